The van der Waals surface area contributed by atoms with Gasteiger partial charge in [-0.25, -0.2) is 0 Å². The van der Waals surface area contributed by atoms with Crippen molar-refractivity contribution in [1.29, 1.82) is 0 Å². The van der Waals surface area contributed by atoms with Gasteiger partial charge in [0.15, 0.2) is 0 Å². The zero-order valence-corrected chi connectivity index (χ0v) is 32.1. The fourth-order valence-electron chi connectivity index (χ4n) is 9.83. The molecule has 1 heterocycles. The summed E-state index contributed by atoms with van der Waals surface area (Å²) in [6.07, 6.45) is 0. The Morgan fingerprint density at radius 3 is 1.39 bits per heavy atom. The van der Waals surface area contributed by atoms with E-state index in [-0.39, 0.29) is 10.8 Å². The second-order valence-electron chi connectivity index (χ2n) is 16.5. The van der Waals surface area contributed by atoms with Gasteiger partial charge in [-0.05, 0) is 104 Å². The molecule has 268 valence electrons. The normalized spacial score (nSPS) is 14.5. The molecule has 8 aromatic carbocycles. The minimum absolute atomic E-state index is 0.127. The molecule has 3 aliphatic rings. The van der Waals surface area contributed by atoms with Gasteiger partial charge < -0.3 is 9.64 Å². The first-order chi connectivity index (χ1) is 27.3. The zero-order valence-electron chi connectivity index (χ0n) is 32.1. The van der Waals surface area contributed by atoms with Crippen molar-refractivity contribution in [3.63, 3.8) is 0 Å². The Morgan fingerprint density at radius 1 is 0.339 bits per heavy atom. The molecule has 0 amide bonds. The Kier molecular flexibility index (Phi) is 6.98. The minimum Gasteiger partial charge on any atom is -0.455 e. The molecule has 0 unspecified atom stereocenters. The van der Waals surface area contributed by atoms with Crippen molar-refractivity contribution in [1.82, 2.24) is 0 Å². The molecule has 2 aliphatic carbocycles. The highest BCUT2D eigenvalue weighted by atomic mass is 16.5. The van der Waals surface area contributed by atoms with Crippen LogP contribution in [0, 0.1) is 0 Å². The fraction of sp³-hybridized carbons (Fsp3) is 0.111. The van der Waals surface area contributed by atoms with Gasteiger partial charge in [0.1, 0.15) is 11.5 Å². The lowest BCUT2D eigenvalue weighted by Crippen LogP contribution is -2.18. The molecule has 11 rings (SSSR count). The van der Waals surface area contributed by atoms with E-state index in [9.17, 15) is 0 Å². The van der Waals surface area contributed by atoms with Crippen molar-refractivity contribution < 1.29 is 4.74 Å². The standard InChI is InChI=1S/C54H41NO/c1-53(2)47-23-12-10-19-41(47)43-28-25-36(32-49(43)53)55(37-26-29-44-42-20-11-13-24-48(42)54(3,4)50(44)33-37)35-27-30-51-46(31-35)40-18-9-8-17-39(40)45-22-14-21-38(52(45)56-51)34-15-6-5-7-16-34/h5-33H,1-4H3. The molecular weight excluding hydrogens is 679 g/mol. The van der Waals surface area contributed by atoms with Crippen LogP contribution in [-0.2, 0) is 10.8 Å². The number of ether oxygens (including phenoxy) is 1. The van der Waals surface area contributed by atoms with Crippen LogP contribution in [0.3, 0.4) is 0 Å². The molecule has 8 aromatic rings. The molecule has 56 heavy (non-hydrogen) atoms. The first-order valence-electron chi connectivity index (χ1n) is 19.7. The van der Waals surface area contributed by atoms with Crippen molar-refractivity contribution in [3.8, 4) is 67.1 Å². The largest absolute Gasteiger partial charge is 0.455 e. The van der Waals surface area contributed by atoms with Crippen molar-refractivity contribution in [3.05, 3.63) is 198 Å². The lowest BCUT2D eigenvalue weighted by molar-refractivity contribution is 0.489. The first-order valence-corrected chi connectivity index (χ1v) is 19.7. The van der Waals surface area contributed by atoms with E-state index < -0.39 is 0 Å². The lowest BCUT2D eigenvalue weighted by Gasteiger charge is -2.30. The SMILES string of the molecule is CC1(C)c2ccccc2-c2ccc(N(c3ccc4c(c3)-c3ccccc3-c3cccc(-c5ccccc5)c3O4)c3ccc4c(c3)C(C)(C)c3ccccc3-4)cc21. The van der Waals surface area contributed by atoms with Crippen LogP contribution in [0.1, 0.15) is 49.9 Å². The smallest absolute Gasteiger partial charge is 0.143 e. The van der Waals surface area contributed by atoms with Crippen LogP contribution in [0.4, 0.5) is 17.1 Å². The van der Waals surface area contributed by atoms with E-state index in [1.807, 2.05) is 0 Å². The van der Waals surface area contributed by atoms with E-state index in [0.29, 0.717) is 0 Å². The van der Waals surface area contributed by atoms with Crippen LogP contribution >= 0.6 is 0 Å². The summed E-state index contributed by atoms with van der Waals surface area (Å²) in [6.45, 7) is 9.44. The Bertz CT molecular complexity index is 2790. The molecule has 1 aliphatic heterocycles. The molecule has 0 atom stereocenters. The lowest BCUT2D eigenvalue weighted by atomic mass is 9.82. The van der Waals surface area contributed by atoms with E-state index in [1.165, 1.54) is 44.5 Å². The Morgan fingerprint density at radius 2 is 0.786 bits per heavy atom. The summed E-state index contributed by atoms with van der Waals surface area (Å²) < 4.78 is 7.05. The minimum atomic E-state index is -0.127. The van der Waals surface area contributed by atoms with Crippen molar-refractivity contribution in [2.75, 3.05) is 4.90 Å². The van der Waals surface area contributed by atoms with Crippen LogP contribution < -0.4 is 9.64 Å². The summed E-state index contributed by atoms with van der Waals surface area (Å²) >= 11 is 0. The highest BCUT2D eigenvalue weighted by molar-refractivity contribution is 5.96. The summed E-state index contributed by atoms with van der Waals surface area (Å²) in [5.74, 6) is 1.73. The van der Waals surface area contributed by atoms with Crippen molar-refractivity contribution in [2.24, 2.45) is 0 Å². The monoisotopic (exact) mass is 719 g/mol. The van der Waals surface area contributed by atoms with Crippen LogP contribution in [0.15, 0.2) is 176 Å². The summed E-state index contributed by atoms with van der Waals surface area (Å²) in [5.41, 5.74) is 20.5. The predicted octanol–water partition coefficient (Wildman–Crippen LogP) is 14.9. The topological polar surface area (TPSA) is 12.5 Å². The molecule has 0 spiro atoms. The number of benzene rings is 8. The molecule has 0 saturated carbocycles. The third-order valence-electron chi connectivity index (χ3n) is 12.7. The Labute approximate surface area is 329 Å². The van der Waals surface area contributed by atoms with Crippen molar-refractivity contribution in [2.45, 2.75) is 38.5 Å². The van der Waals surface area contributed by atoms with Crippen LogP contribution in [0.25, 0.3) is 55.6 Å². The number of rotatable bonds is 4. The van der Waals surface area contributed by atoms with Gasteiger partial charge in [0, 0.05) is 44.6 Å². The first kappa shape index (κ1) is 32.8. The summed E-state index contributed by atoms with van der Waals surface area (Å²) in [6, 6.07) is 64.4. The Hall–Kier alpha value is -6.64. The maximum atomic E-state index is 7.05. The van der Waals surface area contributed by atoms with Crippen molar-refractivity contribution >= 4 is 17.1 Å². The molecule has 0 bridgehead atoms. The number of anilines is 3. The molecule has 0 radical (unpaired) electrons. The van der Waals surface area contributed by atoms with Gasteiger partial charge in [-0.3, -0.25) is 0 Å². The molecular formula is C54H41NO. The van der Waals surface area contributed by atoms with E-state index in [0.717, 1.165) is 61.9 Å². The van der Waals surface area contributed by atoms with Gasteiger partial charge in [-0.15, -0.1) is 0 Å². The highest BCUT2D eigenvalue weighted by Crippen LogP contribution is 2.55. The summed E-state index contributed by atoms with van der Waals surface area (Å²) in [5, 5.41) is 0. The van der Waals surface area contributed by atoms with E-state index in [4.69, 9.17) is 4.74 Å². The van der Waals surface area contributed by atoms with Gasteiger partial charge in [0.2, 0.25) is 0 Å². The van der Waals surface area contributed by atoms with Gasteiger partial charge in [0.25, 0.3) is 0 Å². The number of hydrogen-bond donors (Lipinski definition) is 0. The van der Waals surface area contributed by atoms with Gasteiger partial charge >= 0.3 is 0 Å². The van der Waals surface area contributed by atoms with Gasteiger partial charge in [-0.1, -0.05) is 161 Å². The molecule has 0 aromatic heterocycles. The molecule has 0 fully saturated rings. The maximum absolute atomic E-state index is 7.05. The maximum Gasteiger partial charge on any atom is 0.143 e. The quantitative estimate of drug-likeness (QED) is 0.180. The number of nitrogens with zero attached hydrogens (tertiary/aromatic N) is 1. The van der Waals surface area contributed by atoms with E-state index in [1.54, 1.807) is 0 Å². The summed E-state index contributed by atoms with van der Waals surface area (Å²) in [4.78, 5) is 2.45. The summed E-state index contributed by atoms with van der Waals surface area (Å²) in [7, 11) is 0. The van der Waals surface area contributed by atoms with Gasteiger partial charge in [-0.2, -0.15) is 0 Å². The zero-order chi connectivity index (χ0) is 37.8. The van der Waals surface area contributed by atoms with E-state index in [2.05, 4.69) is 209 Å². The van der Waals surface area contributed by atoms with Crippen LogP contribution in [0.5, 0.6) is 11.5 Å². The Balaban J connectivity index is 1.12. The fourth-order valence-corrected chi connectivity index (χ4v) is 9.83. The highest BCUT2D eigenvalue weighted by Gasteiger charge is 2.38. The number of para-hydroxylation sites is 1. The van der Waals surface area contributed by atoms with E-state index >= 15 is 0 Å². The van der Waals surface area contributed by atoms with Crippen LogP contribution in [0.2, 0.25) is 0 Å². The number of fused-ring (bicyclic) bond motifs is 11. The molecule has 0 saturated heterocycles. The third kappa shape index (κ3) is 4.69. The number of hydrogen-bond acceptors (Lipinski definition) is 2. The average Bonchev–Trinajstić information content (AvgIpc) is 3.53. The van der Waals surface area contributed by atoms with Gasteiger partial charge in [0.05, 0.1) is 0 Å². The van der Waals surface area contributed by atoms with Crippen LogP contribution in [-0.4, -0.2) is 0 Å². The second kappa shape index (κ2) is 11.9. The average molecular weight is 720 g/mol. The predicted molar refractivity (Wildman–Crippen MR) is 233 cm³/mol. The molecule has 0 N–H and O–H groups in total. The molecule has 2 nitrogen and oxygen atoms in total. The second-order valence-corrected chi connectivity index (χ2v) is 16.5. The third-order valence-corrected chi connectivity index (χ3v) is 12.7. The molecule has 2 heteroatoms.